The van der Waals surface area contributed by atoms with Crippen LogP contribution in [0.2, 0.25) is 0 Å². The number of carbonyl (C=O) groups excluding carboxylic acids is 1. The molecular weight excluding hydrogens is 270 g/mol. The van der Waals surface area contributed by atoms with Gasteiger partial charge in [-0.15, -0.1) is 0 Å². The van der Waals surface area contributed by atoms with Crippen LogP contribution in [0, 0.1) is 0 Å². The Morgan fingerprint density at radius 2 is 2.19 bits per heavy atom. The van der Waals surface area contributed by atoms with Crippen molar-refractivity contribution in [1.29, 1.82) is 0 Å². The summed E-state index contributed by atoms with van der Waals surface area (Å²) in [5.41, 5.74) is -0.754. The first-order chi connectivity index (χ1) is 9.77. The predicted octanol–water partition coefficient (Wildman–Crippen LogP) is 2.30. The van der Waals surface area contributed by atoms with Gasteiger partial charge in [0, 0.05) is 25.5 Å². The summed E-state index contributed by atoms with van der Waals surface area (Å²) >= 11 is 0. The third kappa shape index (κ3) is 4.74. The topological polar surface area (TPSA) is 56.6 Å². The van der Waals surface area contributed by atoms with Crippen molar-refractivity contribution >= 4 is 6.09 Å². The van der Waals surface area contributed by atoms with Crippen LogP contribution in [-0.2, 0) is 16.0 Å². The zero-order chi connectivity index (χ0) is 15.5. The summed E-state index contributed by atoms with van der Waals surface area (Å²) in [6, 6.07) is 0. The molecule has 118 valence electrons. The van der Waals surface area contributed by atoms with Crippen molar-refractivity contribution in [2.75, 3.05) is 19.7 Å². The molecule has 0 N–H and O–H groups in total. The van der Waals surface area contributed by atoms with E-state index in [9.17, 15) is 4.79 Å². The number of rotatable bonds is 4. The van der Waals surface area contributed by atoms with Gasteiger partial charge in [-0.3, -0.25) is 0 Å². The highest BCUT2D eigenvalue weighted by Gasteiger charge is 2.38. The quantitative estimate of drug-likeness (QED) is 0.855. The number of ether oxygens (including phenoxy) is 2. The molecule has 1 saturated heterocycles. The number of carbonyl (C=O) groups is 1. The van der Waals surface area contributed by atoms with Gasteiger partial charge in [0.1, 0.15) is 5.60 Å². The lowest BCUT2D eigenvalue weighted by molar-refractivity contribution is -0.0303. The molecule has 0 aromatic carbocycles. The molecule has 21 heavy (non-hydrogen) atoms. The van der Waals surface area contributed by atoms with Gasteiger partial charge in [0.25, 0.3) is 0 Å². The van der Waals surface area contributed by atoms with Gasteiger partial charge in [-0.1, -0.05) is 0 Å². The fourth-order valence-electron chi connectivity index (χ4n) is 2.35. The van der Waals surface area contributed by atoms with Crippen LogP contribution < -0.4 is 0 Å². The molecule has 0 saturated carbocycles. The zero-order valence-electron chi connectivity index (χ0n) is 13.3. The zero-order valence-corrected chi connectivity index (χ0v) is 13.3. The molecule has 1 unspecified atom stereocenters. The summed E-state index contributed by atoms with van der Waals surface area (Å²) in [4.78, 5) is 17.8. The van der Waals surface area contributed by atoms with Crippen molar-refractivity contribution in [2.45, 2.75) is 51.9 Å². The molecule has 1 fully saturated rings. The average molecular weight is 295 g/mol. The molecular formula is C15H25N3O3. The number of aromatic nitrogens is 2. The second-order valence-corrected chi connectivity index (χ2v) is 6.75. The van der Waals surface area contributed by atoms with Gasteiger partial charge in [0.15, 0.2) is 0 Å². The lowest BCUT2D eigenvalue weighted by Gasteiger charge is -2.27. The number of amides is 1. The molecule has 1 atom stereocenters. The van der Waals surface area contributed by atoms with Crippen LogP contribution in [0.3, 0.4) is 0 Å². The van der Waals surface area contributed by atoms with E-state index < -0.39 is 5.60 Å². The number of hydrogen-bond donors (Lipinski definition) is 0. The van der Waals surface area contributed by atoms with Gasteiger partial charge in [-0.2, -0.15) is 0 Å². The first-order valence-corrected chi connectivity index (χ1v) is 7.35. The van der Waals surface area contributed by atoms with Crippen molar-refractivity contribution in [2.24, 2.45) is 0 Å². The van der Waals surface area contributed by atoms with Crippen LogP contribution >= 0.6 is 0 Å². The minimum absolute atomic E-state index is 0.260. The predicted molar refractivity (Wildman–Crippen MR) is 79.0 cm³/mol. The Hall–Kier alpha value is -1.56. The molecule has 6 heteroatoms. The smallest absolute Gasteiger partial charge is 0.410 e. The van der Waals surface area contributed by atoms with Gasteiger partial charge in [0.2, 0.25) is 0 Å². The molecule has 2 heterocycles. The standard InChI is InChI=1S/C15H25N3O3/c1-14(2,3)21-13(19)18-7-5-15(4,11-18)20-10-9-17-8-6-16-12-17/h6,8,12H,5,7,9-11H2,1-4H3. The van der Waals surface area contributed by atoms with Gasteiger partial charge < -0.3 is 18.9 Å². The van der Waals surface area contributed by atoms with Crippen molar-refractivity contribution in [1.82, 2.24) is 14.5 Å². The molecule has 0 bridgehead atoms. The number of hydrogen-bond acceptors (Lipinski definition) is 4. The minimum Gasteiger partial charge on any atom is -0.444 e. The van der Waals surface area contributed by atoms with Crippen LogP contribution in [0.5, 0.6) is 0 Å². The van der Waals surface area contributed by atoms with Crippen LogP contribution in [-0.4, -0.2) is 51.4 Å². The summed E-state index contributed by atoms with van der Waals surface area (Å²) in [7, 11) is 0. The summed E-state index contributed by atoms with van der Waals surface area (Å²) in [5.74, 6) is 0. The van der Waals surface area contributed by atoms with E-state index in [0.29, 0.717) is 19.7 Å². The number of imidazole rings is 1. The normalized spacial score (nSPS) is 22.6. The van der Waals surface area contributed by atoms with Crippen molar-refractivity contribution in [3.8, 4) is 0 Å². The maximum Gasteiger partial charge on any atom is 0.410 e. The minimum atomic E-state index is -0.460. The maximum absolute atomic E-state index is 12.0. The average Bonchev–Trinajstić information content (AvgIpc) is 2.97. The number of nitrogens with zero attached hydrogens (tertiary/aromatic N) is 3. The highest BCUT2D eigenvalue weighted by atomic mass is 16.6. The molecule has 0 radical (unpaired) electrons. The molecule has 1 aromatic heterocycles. The Balaban J connectivity index is 1.78. The van der Waals surface area contributed by atoms with Crippen LogP contribution in [0.4, 0.5) is 4.79 Å². The van der Waals surface area contributed by atoms with Gasteiger partial charge >= 0.3 is 6.09 Å². The molecule has 1 aromatic rings. The van der Waals surface area contributed by atoms with E-state index in [1.165, 1.54) is 0 Å². The van der Waals surface area contributed by atoms with Crippen LogP contribution in [0.1, 0.15) is 34.1 Å². The van der Waals surface area contributed by atoms with E-state index in [2.05, 4.69) is 4.98 Å². The second-order valence-electron chi connectivity index (χ2n) is 6.75. The lowest BCUT2D eigenvalue weighted by Crippen LogP contribution is -2.39. The third-order valence-corrected chi connectivity index (χ3v) is 3.45. The molecule has 0 spiro atoms. The van der Waals surface area contributed by atoms with Gasteiger partial charge in [-0.25, -0.2) is 9.78 Å². The first-order valence-electron chi connectivity index (χ1n) is 7.35. The third-order valence-electron chi connectivity index (χ3n) is 3.45. The molecule has 0 aliphatic carbocycles. The van der Waals surface area contributed by atoms with E-state index in [1.807, 2.05) is 38.5 Å². The SMILES string of the molecule is CC(C)(C)OC(=O)N1CCC(C)(OCCn2ccnc2)C1. The summed E-state index contributed by atoms with van der Waals surface area (Å²) in [6.07, 6.45) is 6.00. The van der Waals surface area contributed by atoms with E-state index >= 15 is 0 Å². The Morgan fingerprint density at radius 1 is 1.43 bits per heavy atom. The molecule has 1 aliphatic heterocycles. The van der Waals surface area contributed by atoms with E-state index in [1.54, 1.807) is 17.4 Å². The van der Waals surface area contributed by atoms with Crippen LogP contribution in [0.25, 0.3) is 0 Å². The summed E-state index contributed by atoms with van der Waals surface area (Å²) in [5, 5.41) is 0. The summed E-state index contributed by atoms with van der Waals surface area (Å²) < 4.78 is 13.3. The van der Waals surface area contributed by atoms with E-state index in [-0.39, 0.29) is 11.7 Å². The Labute approximate surface area is 126 Å². The fourth-order valence-corrected chi connectivity index (χ4v) is 2.35. The van der Waals surface area contributed by atoms with Crippen LogP contribution in [0.15, 0.2) is 18.7 Å². The highest BCUT2D eigenvalue weighted by Crippen LogP contribution is 2.26. The molecule has 2 rings (SSSR count). The Kier molecular flexibility index (Phi) is 4.56. The maximum atomic E-state index is 12.0. The highest BCUT2D eigenvalue weighted by molar-refractivity contribution is 5.68. The Morgan fingerprint density at radius 3 is 2.81 bits per heavy atom. The van der Waals surface area contributed by atoms with Crippen molar-refractivity contribution in [3.05, 3.63) is 18.7 Å². The summed E-state index contributed by atoms with van der Waals surface area (Å²) in [6.45, 7) is 10.3. The van der Waals surface area contributed by atoms with E-state index in [0.717, 1.165) is 13.0 Å². The first kappa shape index (κ1) is 15.8. The molecule has 1 aliphatic rings. The number of likely N-dealkylation sites (tertiary alicyclic amines) is 1. The van der Waals surface area contributed by atoms with Gasteiger partial charge in [-0.05, 0) is 34.1 Å². The van der Waals surface area contributed by atoms with E-state index in [4.69, 9.17) is 9.47 Å². The van der Waals surface area contributed by atoms with Gasteiger partial charge in [0.05, 0.1) is 25.1 Å². The lowest BCUT2D eigenvalue weighted by atomic mass is 10.1. The molecule has 1 amide bonds. The second kappa shape index (κ2) is 6.05. The largest absolute Gasteiger partial charge is 0.444 e. The fraction of sp³-hybridized carbons (Fsp3) is 0.733. The van der Waals surface area contributed by atoms with Crippen molar-refractivity contribution in [3.63, 3.8) is 0 Å². The van der Waals surface area contributed by atoms with Crippen molar-refractivity contribution < 1.29 is 14.3 Å². The Bertz CT molecular complexity index is 467. The monoisotopic (exact) mass is 295 g/mol. The molecule has 6 nitrogen and oxygen atoms in total.